The molecule has 0 unspecified atom stereocenters. The van der Waals surface area contributed by atoms with Gasteiger partial charge in [0.25, 0.3) is 0 Å². The molecule has 0 aromatic rings. The average molecular weight is 170 g/mol. The van der Waals surface area contributed by atoms with Gasteiger partial charge in [0, 0.05) is 6.08 Å². The molecule has 0 saturated carbocycles. The summed E-state index contributed by atoms with van der Waals surface area (Å²) in [6, 6.07) is 0. The van der Waals surface area contributed by atoms with E-state index in [-0.39, 0.29) is 5.57 Å². The van der Waals surface area contributed by atoms with Crippen LogP contribution in [0.2, 0.25) is 0 Å². The Balaban J connectivity index is 0. The molecule has 0 spiro atoms. The first-order chi connectivity index (χ1) is 5.45. The highest BCUT2D eigenvalue weighted by atomic mass is 16.4. The van der Waals surface area contributed by atoms with E-state index in [2.05, 4.69) is 19.7 Å². The third-order valence-electron chi connectivity index (χ3n) is 0.696. The Hall–Kier alpha value is -1.84. The van der Waals surface area contributed by atoms with Crippen molar-refractivity contribution in [1.29, 1.82) is 0 Å². The van der Waals surface area contributed by atoms with Crippen molar-refractivity contribution in [3.63, 3.8) is 0 Å². The van der Waals surface area contributed by atoms with Crippen LogP contribution in [0.15, 0.2) is 37.5 Å². The Kier molecular flexibility index (Phi) is 7.76. The number of rotatable bonds is 3. The SMILES string of the molecule is C=CC(=C)C(=O)O.C=CC(=O)O. The quantitative estimate of drug-likeness (QED) is 0.490. The largest absolute Gasteiger partial charge is 0.478 e. The number of hydrogen-bond acceptors (Lipinski definition) is 2. The summed E-state index contributed by atoms with van der Waals surface area (Å²) in [5.41, 5.74) is 0.0278. The van der Waals surface area contributed by atoms with Crippen molar-refractivity contribution in [2.24, 2.45) is 0 Å². The summed E-state index contributed by atoms with van der Waals surface area (Å²) >= 11 is 0. The highest BCUT2D eigenvalue weighted by Crippen LogP contribution is 1.86. The molecule has 0 fully saturated rings. The first-order valence-electron chi connectivity index (χ1n) is 2.85. The lowest BCUT2D eigenvalue weighted by molar-refractivity contribution is -0.132. The summed E-state index contributed by atoms with van der Waals surface area (Å²) in [7, 11) is 0. The summed E-state index contributed by atoms with van der Waals surface area (Å²) in [5.74, 6) is -2.00. The number of carbonyl (C=O) groups is 2. The smallest absolute Gasteiger partial charge is 0.335 e. The van der Waals surface area contributed by atoms with Crippen molar-refractivity contribution >= 4 is 11.9 Å². The molecule has 0 aromatic carbocycles. The second-order valence-corrected chi connectivity index (χ2v) is 1.58. The van der Waals surface area contributed by atoms with Crippen molar-refractivity contribution in [3.8, 4) is 0 Å². The highest BCUT2D eigenvalue weighted by Gasteiger charge is 1.93. The van der Waals surface area contributed by atoms with Gasteiger partial charge in [-0.3, -0.25) is 0 Å². The van der Waals surface area contributed by atoms with Crippen LogP contribution < -0.4 is 0 Å². The predicted octanol–water partition coefficient (Wildman–Crippen LogP) is 1.07. The van der Waals surface area contributed by atoms with Crippen LogP contribution in [-0.2, 0) is 9.59 Å². The van der Waals surface area contributed by atoms with Gasteiger partial charge in [0.2, 0.25) is 0 Å². The molecule has 0 aliphatic rings. The summed E-state index contributed by atoms with van der Waals surface area (Å²) in [6.45, 7) is 9.32. The number of aliphatic carboxylic acids is 2. The lowest BCUT2D eigenvalue weighted by Gasteiger charge is -1.82. The van der Waals surface area contributed by atoms with Crippen LogP contribution >= 0.6 is 0 Å². The van der Waals surface area contributed by atoms with Gasteiger partial charge >= 0.3 is 11.9 Å². The van der Waals surface area contributed by atoms with Crippen LogP contribution in [0.4, 0.5) is 0 Å². The van der Waals surface area contributed by atoms with Gasteiger partial charge in [0.15, 0.2) is 0 Å². The predicted molar refractivity (Wildman–Crippen MR) is 44.8 cm³/mol. The number of hydrogen-bond donors (Lipinski definition) is 2. The molecule has 0 atom stereocenters. The molecule has 0 saturated heterocycles. The minimum absolute atomic E-state index is 0.0278. The van der Waals surface area contributed by atoms with Gasteiger partial charge in [0.05, 0.1) is 5.57 Å². The van der Waals surface area contributed by atoms with Gasteiger partial charge in [-0.15, -0.1) is 0 Å². The molecule has 66 valence electrons. The van der Waals surface area contributed by atoms with Gasteiger partial charge in [-0.05, 0) is 0 Å². The molecule has 12 heavy (non-hydrogen) atoms. The molecule has 2 N–H and O–H groups in total. The summed E-state index contributed by atoms with van der Waals surface area (Å²) in [5, 5.41) is 15.6. The average Bonchev–Trinajstić information content (AvgIpc) is 2.04. The molecule has 0 aliphatic heterocycles. The van der Waals surface area contributed by atoms with Gasteiger partial charge in [0.1, 0.15) is 0 Å². The fraction of sp³-hybridized carbons (Fsp3) is 0. The van der Waals surface area contributed by atoms with Gasteiger partial charge < -0.3 is 10.2 Å². The van der Waals surface area contributed by atoms with Crippen molar-refractivity contribution in [2.75, 3.05) is 0 Å². The molecule has 0 amide bonds. The monoisotopic (exact) mass is 170 g/mol. The van der Waals surface area contributed by atoms with E-state index in [1.165, 1.54) is 6.08 Å². The van der Waals surface area contributed by atoms with Crippen LogP contribution in [0.25, 0.3) is 0 Å². The molecular formula is C8H10O4. The number of carboxylic acid groups (broad SMARTS) is 2. The summed E-state index contributed by atoms with van der Waals surface area (Å²) in [4.78, 5) is 19.0. The Labute approximate surface area is 70.1 Å². The molecule has 0 aliphatic carbocycles. The van der Waals surface area contributed by atoms with E-state index in [9.17, 15) is 9.59 Å². The minimum Gasteiger partial charge on any atom is -0.478 e. The molecule has 4 heteroatoms. The van der Waals surface area contributed by atoms with Crippen LogP contribution in [0, 0.1) is 0 Å². The first kappa shape index (κ1) is 12.8. The Morgan fingerprint density at radius 2 is 1.42 bits per heavy atom. The van der Waals surface area contributed by atoms with Crippen LogP contribution in [-0.4, -0.2) is 22.2 Å². The molecule has 0 heterocycles. The second kappa shape index (κ2) is 7.27. The Bertz CT molecular complexity index is 215. The van der Waals surface area contributed by atoms with E-state index in [0.717, 1.165) is 6.08 Å². The van der Waals surface area contributed by atoms with E-state index in [1.807, 2.05) is 0 Å². The van der Waals surface area contributed by atoms with Crippen molar-refractivity contribution < 1.29 is 19.8 Å². The zero-order valence-corrected chi connectivity index (χ0v) is 6.49. The maximum Gasteiger partial charge on any atom is 0.335 e. The third-order valence-corrected chi connectivity index (χ3v) is 0.696. The molecule has 4 nitrogen and oxygen atoms in total. The summed E-state index contributed by atoms with van der Waals surface area (Å²) < 4.78 is 0. The topological polar surface area (TPSA) is 74.6 Å². The Morgan fingerprint density at radius 3 is 1.42 bits per heavy atom. The molecule has 0 aromatic heterocycles. The van der Waals surface area contributed by atoms with Crippen LogP contribution in [0.1, 0.15) is 0 Å². The van der Waals surface area contributed by atoms with Crippen molar-refractivity contribution in [3.05, 3.63) is 37.5 Å². The molecule has 0 rings (SSSR count). The van der Waals surface area contributed by atoms with E-state index in [1.54, 1.807) is 0 Å². The van der Waals surface area contributed by atoms with Gasteiger partial charge in [-0.25, -0.2) is 9.59 Å². The number of carboxylic acids is 2. The zero-order chi connectivity index (χ0) is 10.1. The van der Waals surface area contributed by atoms with Crippen LogP contribution in [0.3, 0.4) is 0 Å². The van der Waals surface area contributed by atoms with Crippen molar-refractivity contribution in [1.82, 2.24) is 0 Å². The van der Waals surface area contributed by atoms with Gasteiger partial charge in [-0.1, -0.05) is 25.8 Å². The summed E-state index contributed by atoms with van der Waals surface area (Å²) in [6.07, 6.45) is 2.03. The standard InChI is InChI=1S/C5H6O2.C3H4O2/c1-3-4(2)5(6)7;1-2-3(4)5/h3H,1-2H2,(H,6,7);2H,1H2,(H,4,5). The maximum absolute atomic E-state index is 9.76. The lowest BCUT2D eigenvalue weighted by atomic mass is 10.3. The van der Waals surface area contributed by atoms with E-state index in [0.29, 0.717) is 0 Å². The fourth-order valence-corrected chi connectivity index (χ4v) is 0.0873. The van der Waals surface area contributed by atoms with E-state index < -0.39 is 11.9 Å². The molecular weight excluding hydrogens is 160 g/mol. The van der Waals surface area contributed by atoms with E-state index in [4.69, 9.17) is 10.2 Å². The highest BCUT2D eigenvalue weighted by molar-refractivity contribution is 5.88. The van der Waals surface area contributed by atoms with E-state index >= 15 is 0 Å². The second-order valence-electron chi connectivity index (χ2n) is 1.58. The van der Waals surface area contributed by atoms with Crippen molar-refractivity contribution in [2.45, 2.75) is 0 Å². The molecule has 0 bridgehead atoms. The zero-order valence-electron chi connectivity index (χ0n) is 6.49. The fourth-order valence-electron chi connectivity index (χ4n) is 0.0873. The molecule has 0 radical (unpaired) electrons. The first-order valence-corrected chi connectivity index (χ1v) is 2.85. The van der Waals surface area contributed by atoms with Crippen LogP contribution in [0.5, 0.6) is 0 Å². The van der Waals surface area contributed by atoms with Gasteiger partial charge in [-0.2, -0.15) is 0 Å². The third kappa shape index (κ3) is 11.0. The normalized spacial score (nSPS) is 7.00. The maximum atomic E-state index is 9.76. The lowest BCUT2D eigenvalue weighted by Crippen LogP contribution is -1.93. The minimum atomic E-state index is -1.02. The Morgan fingerprint density at radius 1 is 1.08 bits per heavy atom.